The number of rotatable bonds is 5. The summed E-state index contributed by atoms with van der Waals surface area (Å²) < 4.78 is 0. The van der Waals surface area contributed by atoms with Crippen molar-refractivity contribution < 1.29 is 9.59 Å². The number of anilines is 1. The molecule has 0 saturated heterocycles. The molecule has 2 unspecified atom stereocenters. The lowest BCUT2D eigenvalue weighted by molar-refractivity contribution is -0.115. The largest absolute Gasteiger partial charge is 0.325 e. The average molecular weight is 425 g/mol. The Morgan fingerprint density at radius 2 is 1.68 bits per heavy atom. The molecule has 0 aliphatic carbocycles. The average Bonchev–Trinajstić information content (AvgIpc) is 2.54. The van der Waals surface area contributed by atoms with Crippen LogP contribution in [-0.4, -0.2) is 16.5 Å². The lowest BCUT2D eigenvalue weighted by atomic mass is 10.1. The SMILES string of the molecule is CC(=O)c1cccc(NC(=O)C(Br)C(Br)c2ccccc2)c1. The van der Waals surface area contributed by atoms with Gasteiger partial charge in [0.1, 0.15) is 4.83 Å². The van der Waals surface area contributed by atoms with E-state index in [0.29, 0.717) is 11.3 Å². The molecule has 5 heteroatoms. The van der Waals surface area contributed by atoms with Crippen LogP contribution in [0.25, 0.3) is 0 Å². The van der Waals surface area contributed by atoms with Crippen molar-refractivity contribution in [1.82, 2.24) is 0 Å². The van der Waals surface area contributed by atoms with Crippen molar-refractivity contribution in [2.24, 2.45) is 0 Å². The van der Waals surface area contributed by atoms with Crippen LogP contribution in [0.4, 0.5) is 5.69 Å². The first-order valence-electron chi connectivity index (χ1n) is 6.74. The highest BCUT2D eigenvalue weighted by atomic mass is 79.9. The number of amides is 1. The molecule has 2 aromatic carbocycles. The smallest absolute Gasteiger partial charge is 0.239 e. The fraction of sp³-hybridized carbons (Fsp3) is 0.176. The van der Waals surface area contributed by atoms with Crippen LogP contribution in [-0.2, 0) is 4.79 Å². The molecule has 0 saturated carbocycles. The van der Waals surface area contributed by atoms with Crippen molar-refractivity contribution in [3.05, 3.63) is 65.7 Å². The van der Waals surface area contributed by atoms with Crippen molar-refractivity contribution in [3.8, 4) is 0 Å². The quantitative estimate of drug-likeness (QED) is 0.557. The number of hydrogen-bond acceptors (Lipinski definition) is 2. The van der Waals surface area contributed by atoms with E-state index in [1.165, 1.54) is 6.92 Å². The standard InChI is InChI=1S/C17H15Br2NO2/c1-11(21)13-8-5-9-14(10-13)20-17(22)16(19)15(18)12-6-3-2-4-7-12/h2-10,15-16H,1H3,(H,20,22). The summed E-state index contributed by atoms with van der Waals surface area (Å²) in [6, 6.07) is 16.6. The molecule has 0 fully saturated rings. The Morgan fingerprint density at radius 3 is 2.32 bits per heavy atom. The van der Waals surface area contributed by atoms with Gasteiger partial charge in [0.2, 0.25) is 5.91 Å². The second-order valence-corrected chi connectivity index (χ2v) is 6.81. The van der Waals surface area contributed by atoms with E-state index in [1.54, 1.807) is 24.3 Å². The molecule has 2 rings (SSSR count). The summed E-state index contributed by atoms with van der Waals surface area (Å²) in [7, 11) is 0. The maximum absolute atomic E-state index is 12.3. The number of benzene rings is 2. The van der Waals surface area contributed by atoms with Crippen LogP contribution in [0.2, 0.25) is 0 Å². The topological polar surface area (TPSA) is 46.2 Å². The van der Waals surface area contributed by atoms with Gasteiger partial charge in [0.05, 0.1) is 4.83 Å². The maximum Gasteiger partial charge on any atom is 0.239 e. The third-order valence-electron chi connectivity index (χ3n) is 3.16. The predicted octanol–water partition coefficient (Wildman–Crippen LogP) is 4.73. The number of hydrogen-bond donors (Lipinski definition) is 1. The monoisotopic (exact) mass is 423 g/mol. The molecule has 2 atom stereocenters. The van der Waals surface area contributed by atoms with E-state index in [4.69, 9.17) is 0 Å². The van der Waals surface area contributed by atoms with Gasteiger partial charge in [-0.2, -0.15) is 0 Å². The first-order valence-corrected chi connectivity index (χ1v) is 8.57. The number of alkyl halides is 2. The van der Waals surface area contributed by atoms with Crippen molar-refractivity contribution in [2.45, 2.75) is 16.6 Å². The molecule has 114 valence electrons. The summed E-state index contributed by atoms with van der Waals surface area (Å²) in [5.74, 6) is -0.208. The van der Waals surface area contributed by atoms with E-state index in [9.17, 15) is 9.59 Å². The predicted molar refractivity (Wildman–Crippen MR) is 95.9 cm³/mol. The first-order chi connectivity index (χ1) is 10.5. The number of carbonyl (C=O) groups is 2. The molecular formula is C17H15Br2NO2. The fourth-order valence-electron chi connectivity index (χ4n) is 1.97. The van der Waals surface area contributed by atoms with Crippen LogP contribution in [0.5, 0.6) is 0 Å². The van der Waals surface area contributed by atoms with Crippen molar-refractivity contribution in [3.63, 3.8) is 0 Å². The van der Waals surface area contributed by atoms with Crippen molar-refractivity contribution >= 4 is 49.2 Å². The molecule has 2 aromatic rings. The van der Waals surface area contributed by atoms with Crippen LogP contribution in [0.1, 0.15) is 27.7 Å². The molecule has 0 heterocycles. The zero-order chi connectivity index (χ0) is 16.1. The van der Waals surface area contributed by atoms with Crippen molar-refractivity contribution in [1.29, 1.82) is 0 Å². The summed E-state index contributed by atoms with van der Waals surface area (Å²) in [4.78, 5) is 23.1. The van der Waals surface area contributed by atoms with Crippen LogP contribution < -0.4 is 5.32 Å². The summed E-state index contributed by atoms with van der Waals surface area (Å²) in [6.07, 6.45) is 0. The van der Waals surface area contributed by atoms with E-state index >= 15 is 0 Å². The zero-order valence-corrected chi connectivity index (χ0v) is 15.1. The molecular weight excluding hydrogens is 410 g/mol. The van der Waals surface area contributed by atoms with Gasteiger partial charge < -0.3 is 5.32 Å². The van der Waals surface area contributed by atoms with E-state index in [2.05, 4.69) is 37.2 Å². The normalized spacial score (nSPS) is 13.2. The van der Waals surface area contributed by atoms with Crippen LogP contribution in [0, 0.1) is 0 Å². The Morgan fingerprint density at radius 1 is 1.00 bits per heavy atom. The van der Waals surface area contributed by atoms with Gasteiger partial charge in [-0.25, -0.2) is 0 Å². The van der Waals surface area contributed by atoms with E-state index in [0.717, 1.165) is 5.56 Å². The molecule has 0 aliphatic heterocycles. The van der Waals surface area contributed by atoms with Gasteiger partial charge in [-0.15, -0.1) is 0 Å². The number of Topliss-reactive ketones (excluding diaryl/α,β-unsaturated/α-hetero) is 1. The van der Waals surface area contributed by atoms with Gasteiger partial charge in [0, 0.05) is 11.3 Å². The van der Waals surface area contributed by atoms with E-state index in [-0.39, 0.29) is 16.5 Å². The maximum atomic E-state index is 12.3. The lowest BCUT2D eigenvalue weighted by Gasteiger charge is -2.17. The molecule has 0 bridgehead atoms. The third kappa shape index (κ3) is 4.27. The van der Waals surface area contributed by atoms with Gasteiger partial charge in [-0.1, -0.05) is 74.3 Å². The molecule has 0 spiro atoms. The van der Waals surface area contributed by atoms with Gasteiger partial charge >= 0.3 is 0 Å². The van der Waals surface area contributed by atoms with Gasteiger partial charge in [0.25, 0.3) is 0 Å². The van der Waals surface area contributed by atoms with E-state index in [1.807, 2.05) is 30.3 Å². The number of nitrogens with one attached hydrogen (secondary N) is 1. The number of carbonyl (C=O) groups excluding carboxylic acids is 2. The molecule has 1 amide bonds. The van der Waals surface area contributed by atoms with E-state index < -0.39 is 4.83 Å². The number of halogens is 2. The van der Waals surface area contributed by atoms with Gasteiger partial charge in [-0.3, -0.25) is 9.59 Å². The summed E-state index contributed by atoms with van der Waals surface area (Å²) in [5, 5.41) is 2.82. The Labute approximate surface area is 146 Å². The summed E-state index contributed by atoms with van der Waals surface area (Å²) in [5.41, 5.74) is 2.19. The van der Waals surface area contributed by atoms with Gasteiger partial charge in [0.15, 0.2) is 5.78 Å². The molecule has 0 radical (unpaired) electrons. The highest BCUT2D eigenvalue weighted by Crippen LogP contribution is 2.31. The minimum absolute atomic E-state index is 0.0332. The highest BCUT2D eigenvalue weighted by molar-refractivity contribution is 9.12. The lowest BCUT2D eigenvalue weighted by Crippen LogP contribution is -2.26. The molecule has 22 heavy (non-hydrogen) atoms. The molecule has 1 N–H and O–H groups in total. The van der Waals surface area contributed by atoms with Crippen LogP contribution in [0.15, 0.2) is 54.6 Å². The molecule has 0 aromatic heterocycles. The fourth-order valence-corrected chi connectivity index (χ4v) is 2.93. The molecule has 0 aliphatic rings. The van der Waals surface area contributed by atoms with Crippen molar-refractivity contribution in [2.75, 3.05) is 5.32 Å². The van der Waals surface area contributed by atoms with Gasteiger partial charge in [-0.05, 0) is 24.6 Å². The third-order valence-corrected chi connectivity index (χ3v) is 5.87. The van der Waals surface area contributed by atoms with Crippen LogP contribution >= 0.6 is 31.9 Å². The first kappa shape index (κ1) is 16.9. The second kappa shape index (κ2) is 7.70. The highest BCUT2D eigenvalue weighted by Gasteiger charge is 2.25. The second-order valence-electron chi connectivity index (χ2n) is 4.84. The molecule has 3 nitrogen and oxygen atoms in total. The summed E-state index contributed by atoms with van der Waals surface area (Å²) in [6.45, 7) is 1.50. The Hall–Kier alpha value is -1.46. The minimum atomic E-state index is -0.434. The number of ketones is 1. The summed E-state index contributed by atoms with van der Waals surface area (Å²) >= 11 is 6.97. The Kier molecular flexibility index (Phi) is 5.91. The Bertz CT molecular complexity index is 673. The Balaban J connectivity index is 2.08. The minimum Gasteiger partial charge on any atom is -0.325 e. The van der Waals surface area contributed by atoms with Crippen LogP contribution in [0.3, 0.4) is 0 Å². The zero-order valence-electron chi connectivity index (χ0n) is 11.9.